The van der Waals surface area contributed by atoms with Gasteiger partial charge in [-0.1, -0.05) is 37.3 Å². The van der Waals surface area contributed by atoms with Gasteiger partial charge in [-0.2, -0.15) is 0 Å². The number of aromatic amines is 1. The molecule has 1 aliphatic carbocycles. The molecule has 0 radical (unpaired) electrons. The Hall–Kier alpha value is -3.90. The lowest BCUT2D eigenvalue weighted by Gasteiger charge is -2.24. The molecule has 1 aliphatic rings. The number of aliphatic hydroxyl groups is 1. The second-order valence-corrected chi connectivity index (χ2v) is 11.9. The molecule has 1 heterocycles. The molecule has 0 aliphatic heterocycles. The highest BCUT2D eigenvalue weighted by Crippen LogP contribution is 2.38. The Kier molecular flexibility index (Phi) is 8.56. The van der Waals surface area contributed by atoms with Gasteiger partial charge < -0.3 is 20.1 Å². The van der Waals surface area contributed by atoms with E-state index in [4.69, 9.17) is 4.74 Å². The van der Waals surface area contributed by atoms with Crippen molar-refractivity contribution in [2.75, 3.05) is 29.5 Å². The predicted octanol–water partition coefficient (Wildman–Crippen LogP) is 2.18. The Bertz CT molecular complexity index is 1400. The van der Waals surface area contributed by atoms with Crippen molar-refractivity contribution in [2.45, 2.75) is 31.9 Å². The fraction of sp³-hybridized carbons (Fsp3) is 0.370. The first-order valence-corrected chi connectivity index (χ1v) is 14.4. The molecule has 3 aromatic rings. The van der Waals surface area contributed by atoms with Gasteiger partial charge >= 0.3 is 0 Å². The Balaban J connectivity index is 1.59. The average Bonchev–Trinajstić information content (AvgIpc) is 3.37. The number of carbonyl (C=O) groups is 2. The number of carbonyl (C=O) groups excluding carboxylic acids is 2. The minimum atomic E-state index is -3.61. The van der Waals surface area contributed by atoms with Crippen LogP contribution in [0.4, 0.5) is 11.6 Å². The van der Waals surface area contributed by atoms with Gasteiger partial charge in [-0.25, -0.2) is 13.4 Å². The third-order valence-corrected chi connectivity index (χ3v) is 7.97. The van der Waals surface area contributed by atoms with E-state index in [9.17, 15) is 23.1 Å². The molecule has 1 saturated carbocycles. The van der Waals surface area contributed by atoms with Gasteiger partial charge in [0.15, 0.2) is 6.10 Å². The summed E-state index contributed by atoms with van der Waals surface area (Å²) in [5.74, 6) is 0.127. The van der Waals surface area contributed by atoms with E-state index in [1.54, 1.807) is 6.07 Å². The van der Waals surface area contributed by atoms with Gasteiger partial charge in [0.25, 0.3) is 11.8 Å². The second-order valence-electron chi connectivity index (χ2n) is 9.87. The third-order valence-electron chi connectivity index (χ3n) is 6.76. The summed E-state index contributed by atoms with van der Waals surface area (Å²) in [7, 11) is -2.22. The van der Waals surface area contributed by atoms with Crippen LogP contribution in [0.2, 0.25) is 0 Å². The van der Waals surface area contributed by atoms with Crippen molar-refractivity contribution in [3.8, 4) is 5.75 Å². The van der Waals surface area contributed by atoms with Crippen LogP contribution in [0.25, 0.3) is 0 Å². The van der Waals surface area contributed by atoms with E-state index in [1.807, 2.05) is 30.3 Å². The number of sulfonamides is 1. The quantitative estimate of drug-likeness (QED) is 0.267. The Morgan fingerprint density at radius 1 is 1.23 bits per heavy atom. The summed E-state index contributed by atoms with van der Waals surface area (Å²) >= 11 is 0. The van der Waals surface area contributed by atoms with Crippen molar-refractivity contribution in [1.82, 2.24) is 15.3 Å². The molecule has 2 aromatic carbocycles. The van der Waals surface area contributed by atoms with Crippen molar-refractivity contribution in [3.63, 3.8) is 0 Å². The first kappa shape index (κ1) is 28.1. The van der Waals surface area contributed by atoms with E-state index in [1.165, 1.54) is 31.6 Å². The number of hydrogen-bond acceptors (Lipinski definition) is 7. The first-order chi connectivity index (χ1) is 18.5. The zero-order valence-electron chi connectivity index (χ0n) is 22.0. The third kappa shape index (κ3) is 7.58. The van der Waals surface area contributed by atoms with E-state index >= 15 is 0 Å². The molecule has 2 unspecified atom stereocenters. The second kappa shape index (κ2) is 11.9. The number of aromatic nitrogens is 2. The lowest BCUT2D eigenvalue weighted by atomic mass is 10.00. The fourth-order valence-electron chi connectivity index (χ4n) is 4.07. The summed E-state index contributed by atoms with van der Waals surface area (Å²) in [5, 5.41) is 16.2. The molecule has 0 bridgehead atoms. The highest BCUT2D eigenvalue weighted by Gasteiger charge is 2.33. The number of hydrogen-bond donors (Lipinski definition) is 4. The number of ether oxygens (including phenoxy) is 1. The number of nitrogens with one attached hydrogen (secondary N) is 3. The van der Waals surface area contributed by atoms with E-state index in [0.29, 0.717) is 24.2 Å². The molecule has 1 fully saturated rings. The van der Waals surface area contributed by atoms with Crippen LogP contribution in [0, 0.1) is 11.8 Å². The van der Waals surface area contributed by atoms with Crippen molar-refractivity contribution in [2.24, 2.45) is 11.8 Å². The van der Waals surface area contributed by atoms with Crippen molar-refractivity contribution < 1.29 is 27.9 Å². The largest absolute Gasteiger partial charge is 0.493 e. The topological polar surface area (TPSA) is 154 Å². The highest BCUT2D eigenvalue weighted by molar-refractivity contribution is 7.92. The number of anilines is 2. The van der Waals surface area contributed by atoms with Crippen LogP contribution >= 0.6 is 0 Å². The van der Waals surface area contributed by atoms with E-state index in [-0.39, 0.29) is 23.6 Å². The van der Waals surface area contributed by atoms with Gasteiger partial charge in [-0.15, -0.1) is 0 Å². The van der Waals surface area contributed by atoms with Gasteiger partial charge in [0.2, 0.25) is 16.0 Å². The van der Waals surface area contributed by atoms with Crippen LogP contribution < -0.4 is 19.7 Å². The molecule has 4 atom stereocenters. The monoisotopic (exact) mass is 555 g/mol. The van der Waals surface area contributed by atoms with E-state index in [2.05, 4.69) is 27.5 Å². The Morgan fingerprint density at radius 2 is 1.95 bits per heavy atom. The molecule has 11 nitrogen and oxygen atoms in total. The molecular weight excluding hydrogens is 522 g/mol. The minimum absolute atomic E-state index is 0.124. The summed E-state index contributed by atoms with van der Waals surface area (Å²) < 4.78 is 31.4. The summed E-state index contributed by atoms with van der Waals surface area (Å²) in [4.78, 5) is 32.9. The van der Waals surface area contributed by atoms with Crippen molar-refractivity contribution in [1.29, 1.82) is 0 Å². The molecule has 0 spiro atoms. The molecule has 0 saturated heterocycles. The van der Waals surface area contributed by atoms with Crippen LogP contribution in [0.3, 0.4) is 0 Å². The summed E-state index contributed by atoms with van der Waals surface area (Å²) in [6, 6.07) is 12.6. The normalized spacial score (nSPS) is 18.1. The molecule has 4 N–H and O–H groups in total. The molecule has 4 rings (SSSR count). The number of amides is 2. The van der Waals surface area contributed by atoms with Crippen LogP contribution in [0.5, 0.6) is 5.75 Å². The van der Waals surface area contributed by atoms with Crippen LogP contribution in [0.1, 0.15) is 29.3 Å². The van der Waals surface area contributed by atoms with Crippen LogP contribution in [-0.2, 0) is 21.2 Å². The number of rotatable bonds is 12. The maximum absolute atomic E-state index is 13.5. The van der Waals surface area contributed by atoms with E-state index in [0.717, 1.165) is 22.5 Å². The van der Waals surface area contributed by atoms with Gasteiger partial charge in [0.1, 0.15) is 5.75 Å². The number of H-pyrrole nitrogens is 1. The molecule has 12 heteroatoms. The minimum Gasteiger partial charge on any atom is -0.493 e. The Labute approximate surface area is 227 Å². The lowest BCUT2D eigenvalue weighted by Crippen LogP contribution is -2.50. The van der Waals surface area contributed by atoms with Gasteiger partial charge in [-0.3, -0.25) is 19.2 Å². The van der Waals surface area contributed by atoms with Crippen molar-refractivity contribution in [3.05, 3.63) is 72.1 Å². The fourth-order valence-corrected chi connectivity index (χ4v) is 4.56. The van der Waals surface area contributed by atoms with Crippen LogP contribution in [0.15, 0.2) is 60.9 Å². The zero-order chi connectivity index (χ0) is 28.2. The summed E-state index contributed by atoms with van der Waals surface area (Å²) in [5.41, 5.74) is 1.17. The number of aliphatic hydroxyl groups excluding tert-OH is 1. The molecule has 2 amide bonds. The number of nitrogens with zero attached hydrogens (tertiary/aromatic N) is 2. The molecule has 208 valence electrons. The Morgan fingerprint density at radius 3 is 2.56 bits per heavy atom. The standard InChI is InChI=1S/C27H33N5O6S/c1-17-11-20(17)16-38-22-14-19(13-21(15-22)32(2)39(3,36)37)25(34)30-23(12-18-7-5-4-6-8-18)24(33)26(35)31-27-28-9-10-29-27/h4-10,13-15,17,20,23-24,33H,11-12,16H2,1-3H3,(H,30,34)(H2,28,29,31,35)/t17?,20?,23-,24+/m0/s1. The van der Waals surface area contributed by atoms with Crippen LogP contribution in [-0.4, -0.2) is 67.4 Å². The predicted molar refractivity (Wildman–Crippen MR) is 147 cm³/mol. The molecule has 39 heavy (non-hydrogen) atoms. The summed E-state index contributed by atoms with van der Waals surface area (Å²) in [6.45, 7) is 2.58. The maximum atomic E-state index is 13.5. The first-order valence-electron chi connectivity index (χ1n) is 12.6. The highest BCUT2D eigenvalue weighted by atomic mass is 32.2. The van der Waals surface area contributed by atoms with E-state index < -0.39 is 34.0 Å². The molecular formula is C27H33N5O6S. The average molecular weight is 556 g/mol. The smallest absolute Gasteiger partial charge is 0.257 e. The number of benzene rings is 2. The molecule has 1 aromatic heterocycles. The lowest BCUT2D eigenvalue weighted by molar-refractivity contribution is -0.125. The zero-order valence-corrected chi connectivity index (χ0v) is 22.8. The summed E-state index contributed by atoms with van der Waals surface area (Å²) in [6.07, 6.45) is 3.63. The van der Waals surface area contributed by atoms with Gasteiger partial charge in [0, 0.05) is 31.1 Å². The van der Waals surface area contributed by atoms with Gasteiger partial charge in [0.05, 0.1) is 24.6 Å². The maximum Gasteiger partial charge on any atom is 0.257 e. The van der Waals surface area contributed by atoms with Crippen molar-refractivity contribution >= 4 is 33.5 Å². The number of imidazole rings is 1. The SMILES string of the molecule is CC1CC1COc1cc(C(=O)N[C@@H](Cc2ccccc2)[C@@H](O)C(=O)Nc2ncc[nH]2)cc(N(C)S(C)(=O)=O)c1. The van der Waals surface area contributed by atoms with Gasteiger partial charge in [-0.05, 0) is 42.4 Å².